The normalized spacial score (nSPS) is 28.9. The van der Waals surface area contributed by atoms with Crippen LogP contribution in [0.5, 0.6) is 5.75 Å². The number of aryl methyl sites for hydroxylation is 1. The van der Waals surface area contributed by atoms with Gasteiger partial charge in [0.1, 0.15) is 11.3 Å². The summed E-state index contributed by atoms with van der Waals surface area (Å²) in [5.74, 6) is -3.05. The maximum Gasteiger partial charge on any atom is 0.272 e. The Bertz CT molecular complexity index is 392. The van der Waals surface area contributed by atoms with Gasteiger partial charge in [0.2, 0.25) is 0 Å². The van der Waals surface area contributed by atoms with E-state index in [9.17, 15) is 13.9 Å². The van der Waals surface area contributed by atoms with Crippen LogP contribution in [0.4, 0.5) is 8.78 Å². The molecule has 0 radical (unpaired) electrons. The SMILES string of the molecule is Cc1ccc(O)c(C2(N)CC2(F)F)c1. The predicted molar refractivity (Wildman–Crippen MR) is 48.3 cm³/mol. The Balaban J connectivity index is 2.48. The van der Waals surface area contributed by atoms with E-state index in [0.717, 1.165) is 5.56 Å². The number of hydrogen-bond acceptors (Lipinski definition) is 2. The van der Waals surface area contributed by atoms with Gasteiger partial charge < -0.3 is 10.8 Å². The van der Waals surface area contributed by atoms with E-state index in [0.29, 0.717) is 0 Å². The van der Waals surface area contributed by atoms with Gasteiger partial charge in [-0.25, -0.2) is 8.78 Å². The van der Waals surface area contributed by atoms with E-state index >= 15 is 0 Å². The standard InChI is InChI=1S/C10H11F2NO/c1-6-2-3-8(14)7(4-6)9(13)5-10(9,11)12/h2-4,14H,5,13H2,1H3. The first-order chi connectivity index (χ1) is 6.37. The minimum atomic E-state index is -2.89. The Labute approximate surface area is 80.4 Å². The lowest BCUT2D eigenvalue weighted by atomic mass is 10.0. The second-order valence-corrected chi connectivity index (χ2v) is 3.87. The van der Waals surface area contributed by atoms with Gasteiger partial charge in [-0.1, -0.05) is 17.7 Å². The van der Waals surface area contributed by atoms with Crippen molar-refractivity contribution >= 4 is 0 Å². The van der Waals surface area contributed by atoms with Crippen molar-refractivity contribution in [1.29, 1.82) is 0 Å². The lowest BCUT2D eigenvalue weighted by molar-refractivity contribution is 0.0884. The molecule has 0 aliphatic heterocycles. The van der Waals surface area contributed by atoms with Crippen molar-refractivity contribution in [2.75, 3.05) is 0 Å². The monoisotopic (exact) mass is 199 g/mol. The van der Waals surface area contributed by atoms with Gasteiger partial charge in [0.25, 0.3) is 5.92 Å². The summed E-state index contributed by atoms with van der Waals surface area (Å²) in [6, 6.07) is 4.56. The number of benzene rings is 1. The molecule has 3 N–H and O–H groups in total. The molecule has 4 heteroatoms. The molecular weight excluding hydrogens is 188 g/mol. The van der Waals surface area contributed by atoms with Gasteiger partial charge in [0.15, 0.2) is 0 Å². The van der Waals surface area contributed by atoms with Crippen molar-refractivity contribution < 1.29 is 13.9 Å². The summed E-state index contributed by atoms with van der Waals surface area (Å²) in [7, 11) is 0. The summed E-state index contributed by atoms with van der Waals surface area (Å²) in [5.41, 5.74) is 4.79. The van der Waals surface area contributed by atoms with Gasteiger partial charge in [-0.15, -0.1) is 0 Å². The van der Waals surface area contributed by atoms with Crippen molar-refractivity contribution in [3.8, 4) is 5.75 Å². The third-order valence-corrected chi connectivity index (χ3v) is 2.66. The Morgan fingerprint density at radius 1 is 1.43 bits per heavy atom. The van der Waals surface area contributed by atoms with Crippen LogP contribution in [0.2, 0.25) is 0 Å². The van der Waals surface area contributed by atoms with Crippen molar-refractivity contribution in [2.24, 2.45) is 5.73 Å². The summed E-state index contributed by atoms with van der Waals surface area (Å²) in [6.07, 6.45) is -0.392. The van der Waals surface area contributed by atoms with Crippen LogP contribution in [0, 0.1) is 6.92 Å². The maximum atomic E-state index is 12.9. The third-order valence-electron chi connectivity index (χ3n) is 2.66. The molecule has 76 valence electrons. The highest BCUT2D eigenvalue weighted by molar-refractivity contribution is 5.46. The van der Waals surface area contributed by atoms with Gasteiger partial charge in [-0.2, -0.15) is 0 Å². The first kappa shape index (κ1) is 9.40. The van der Waals surface area contributed by atoms with Crippen LogP contribution < -0.4 is 5.73 Å². The average molecular weight is 199 g/mol. The van der Waals surface area contributed by atoms with Crippen LogP contribution in [-0.4, -0.2) is 11.0 Å². The Kier molecular flexibility index (Phi) is 1.64. The van der Waals surface area contributed by atoms with Crippen LogP contribution in [0.1, 0.15) is 17.5 Å². The van der Waals surface area contributed by atoms with Crippen molar-refractivity contribution in [3.63, 3.8) is 0 Å². The Morgan fingerprint density at radius 3 is 2.50 bits per heavy atom. The number of aromatic hydroxyl groups is 1. The van der Waals surface area contributed by atoms with Gasteiger partial charge in [-0.3, -0.25) is 0 Å². The zero-order chi connectivity index (χ0) is 10.6. The second kappa shape index (κ2) is 2.45. The molecule has 14 heavy (non-hydrogen) atoms. The Hall–Kier alpha value is -1.16. The second-order valence-electron chi connectivity index (χ2n) is 3.87. The smallest absolute Gasteiger partial charge is 0.272 e. The number of alkyl halides is 2. The number of halogens is 2. The van der Waals surface area contributed by atoms with Crippen molar-refractivity contribution in [1.82, 2.24) is 0 Å². The fourth-order valence-corrected chi connectivity index (χ4v) is 1.61. The molecule has 1 aliphatic rings. The zero-order valence-electron chi connectivity index (χ0n) is 7.72. The molecular formula is C10H11F2NO. The summed E-state index contributed by atoms with van der Waals surface area (Å²) < 4.78 is 25.9. The number of nitrogens with two attached hydrogens (primary N) is 1. The minimum Gasteiger partial charge on any atom is -0.508 e. The van der Waals surface area contributed by atoms with Gasteiger partial charge in [0.05, 0.1) is 0 Å². The molecule has 1 unspecified atom stereocenters. The molecule has 0 heterocycles. The van der Waals surface area contributed by atoms with Crippen LogP contribution in [-0.2, 0) is 5.54 Å². The molecule has 0 amide bonds. The largest absolute Gasteiger partial charge is 0.508 e. The number of hydrogen-bond donors (Lipinski definition) is 2. The first-order valence-corrected chi connectivity index (χ1v) is 4.34. The van der Waals surface area contributed by atoms with Crippen molar-refractivity contribution in [2.45, 2.75) is 24.8 Å². The molecule has 1 fully saturated rings. The van der Waals surface area contributed by atoms with Crippen LogP contribution in [0.15, 0.2) is 18.2 Å². The van der Waals surface area contributed by atoms with Crippen LogP contribution in [0.25, 0.3) is 0 Å². The van der Waals surface area contributed by atoms with Gasteiger partial charge in [-0.05, 0) is 13.0 Å². The molecule has 1 atom stereocenters. The number of phenols is 1. The predicted octanol–water partition coefficient (Wildman–Crippen LogP) is 1.89. The molecule has 0 spiro atoms. The van der Waals surface area contributed by atoms with E-state index in [1.54, 1.807) is 13.0 Å². The summed E-state index contributed by atoms with van der Waals surface area (Å²) in [5, 5.41) is 9.43. The van der Waals surface area contributed by atoms with E-state index in [1.807, 2.05) is 0 Å². The number of phenolic OH excluding ortho intramolecular Hbond substituents is 1. The lowest BCUT2D eigenvalue weighted by Gasteiger charge is -2.13. The molecule has 1 aromatic rings. The molecule has 2 rings (SSSR count). The quantitative estimate of drug-likeness (QED) is 0.725. The third kappa shape index (κ3) is 1.10. The maximum absolute atomic E-state index is 12.9. The first-order valence-electron chi connectivity index (χ1n) is 4.34. The molecule has 1 aliphatic carbocycles. The highest BCUT2D eigenvalue weighted by Crippen LogP contribution is 2.59. The average Bonchev–Trinajstić information content (AvgIpc) is 2.58. The van der Waals surface area contributed by atoms with Gasteiger partial charge >= 0.3 is 0 Å². The van der Waals surface area contributed by atoms with E-state index in [4.69, 9.17) is 5.73 Å². The molecule has 1 aromatic carbocycles. The number of rotatable bonds is 1. The van der Waals surface area contributed by atoms with Crippen LogP contribution >= 0.6 is 0 Å². The lowest BCUT2D eigenvalue weighted by Crippen LogP contribution is -2.27. The fourth-order valence-electron chi connectivity index (χ4n) is 1.61. The van der Waals surface area contributed by atoms with E-state index in [1.165, 1.54) is 12.1 Å². The van der Waals surface area contributed by atoms with Gasteiger partial charge in [0, 0.05) is 12.0 Å². The molecule has 0 bridgehead atoms. The molecule has 0 saturated heterocycles. The minimum absolute atomic E-state index is 0.141. The molecule has 0 aromatic heterocycles. The summed E-state index contributed by atoms with van der Waals surface area (Å²) >= 11 is 0. The van der Waals surface area contributed by atoms with Crippen molar-refractivity contribution in [3.05, 3.63) is 29.3 Å². The Morgan fingerprint density at radius 2 is 2.00 bits per heavy atom. The molecule has 2 nitrogen and oxygen atoms in total. The fraction of sp³-hybridized carbons (Fsp3) is 0.400. The zero-order valence-corrected chi connectivity index (χ0v) is 7.72. The van der Waals surface area contributed by atoms with E-state index in [2.05, 4.69) is 0 Å². The molecule has 1 saturated carbocycles. The van der Waals surface area contributed by atoms with E-state index < -0.39 is 17.9 Å². The summed E-state index contributed by atoms with van der Waals surface area (Å²) in [6.45, 7) is 1.77. The highest BCUT2D eigenvalue weighted by atomic mass is 19.3. The van der Waals surface area contributed by atoms with Crippen LogP contribution in [0.3, 0.4) is 0 Å². The highest BCUT2D eigenvalue weighted by Gasteiger charge is 2.70. The topological polar surface area (TPSA) is 46.2 Å². The summed E-state index contributed by atoms with van der Waals surface area (Å²) in [4.78, 5) is 0. The van der Waals surface area contributed by atoms with E-state index in [-0.39, 0.29) is 11.3 Å².